The van der Waals surface area contributed by atoms with Crippen molar-refractivity contribution < 1.29 is 36.3 Å². The van der Waals surface area contributed by atoms with Crippen molar-refractivity contribution in [3.63, 3.8) is 0 Å². The average Bonchev–Trinajstić information content (AvgIpc) is 2.81. The largest absolute Gasteiger partial charge is 0.368 e. The molecule has 2 aromatic carbocycles. The Kier molecular flexibility index (Phi) is 9.48. The summed E-state index contributed by atoms with van der Waals surface area (Å²) in [5.41, 5.74) is 9.47. The summed E-state index contributed by atoms with van der Waals surface area (Å²) < 4.78 is 68.5. The van der Waals surface area contributed by atoms with Gasteiger partial charge >= 0.3 is 0 Å². The Morgan fingerprint density at radius 2 is 1.35 bits per heavy atom. The molecule has 0 aliphatic carbocycles. The summed E-state index contributed by atoms with van der Waals surface area (Å²) in [6, 6.07) is 5.40. The van der Waals surface area contributed by atoms with E-state index < -0.39 is 64.5 Å². The molecule has 6 N–H and O–H groups in total. The number of hydrogen-bond acceptors (Lipinski definition) is 4. The van der Waals surface area contributed by atoms with Crippen molar-refractivity contribution in [1.29, 1.82) is 0 Å². The third-order valence-electron chi connectivity index (χ3n) is 4.95. The van der Waals surface area contributed by atoms with Crippen LogP contribution in [0.1, 0.15) is 35.2 Å². The zero-order valence-corrected chi connectivity index (χ0v) is 17.8. The molecule has 0 saturated heterocycles. The van der Waals surface area contributed by atoms with E-state index in [-0.39, 0.29) is 12.8 Å². The van der Waals surface area contributed by atoms with Gasteiger partial charge in [-0.2, -0.15) is 0 Å². The molecule has 0 aliphatic heterocycles. The average molecular weight is 486 g/mol. The van der Waals surface area contributed by atoms with E-state index in [4.69, 9.17) is 11.5 Å². The number of unbranched alkanes of at least 4 members (excludes halogenated alkanes) is 1. The number of carbonyl (C=O) groups is 3. The van der Waals surface area contributed by atoms with E-state index in [9.17, 15) is 36.3 Å². The van der Waals surface area contributed by atoms with Gasteiger partial charge in [-0.25, -0.2) is 22.0 Å². The van der Waals surface area contributed by atoms with Crippen LogP contribution in [-0.4, -0.2) is 36.3 Å². The number of halogens is 5. The van der Waals surface area contributed by atoms with Crippen LogP contribution in [0.25, 0.3) is 0 Å². The highest BCUT2D eigenvalue weighted by molar-refractivity contribution is 5.98. The summed E-state index contributed by atoms with van der Waals surface area (Å²) in [5, 5.41) is 4.34. The molecule has 0 fully saturated rings. The van der Waals surface area contributed by atoms with Crippen LogP contribution < -0.4 is 22.1 Å². The molecule has 0 radical (unpaired) electrons. The van der Waals surface area contributed by atoms with Crippen molar-refractivity contribution in [1.82, 2.24) is 10.6 Å². The SMILES string of the molecule is NCCCC[C@H](NC(=O)[C@H](Cc1ccccc1)NC(=O)c1c(F)c(F)c(F)c(F)c1F)C(N)=O. The van der Waals surface area contributed by atoms with Crippen LogP contribution >= 0.6 is 0 Å². The summed E-state index contributed by atoms with van der Waals surface area (Å²) in [4.78, 5) is 37.1. The van der Waals surface area contributed by atoms with Gasteiger partial charge in [0.1, 0.15) is 17.6 Å². The second-order valence-electron chi connectivity index (χ2n) is 7.41. The molecule has 0 unspecified atom stereocenters. The number of primary amides is 1. The van der Waals surface area contributed by atoms with E-state index in [1.807, 2.05) is 5.32 Å². The molecule has 184 valence electrons. The fourth-order valence-corrected chi connectivity index (χ4v) is 3.14. The normalized spacial score (nSPS) is 12.6. The molecule has 2 atom stereocenters. The minimum Gasteiger partial charge on any atom is -0.368 e. The van der Waals surface area contributed by atoms with Crippen LogP contribution in [0.2, 0.25) is 0 Å². The minimum atomic E-state index is -2.42. The first-order chi connectivity index (χ1) is 16.1. The Balaban J connectivity index is 2.33. The lowest BCUT2D eigenvalue weighted by molar-refractivity contribution is -0.128. The van der Waals surface area contributed by atoms with Gasteiger partial charge in [-0.1, -0.05) is 30.3 Å². The Morgan fingerprint density at radius 1 is 0.794 bits per heavy atom. The number of carbonyl (C=O) groups excluding carboxylic acids is 3. The molecule has 7 nitrogen and oxygen atoms in total. The maximum atomic E-state index is 14.1. The highest BCUT2D eigenvalue weighted by atomic mass is 19.2. The molecule has 2 aromatic rings. The Hall–Kier alpha value is -3.54. The predicted octanol–water partition coefficient (Wildman–Crippen LogP) is 1.82. The first-order valence-corrected chi connectivity index (χ1v) is 10.2. The summed E-state index contributed by atoms with van der Waals surface area (Å²) in [5.74, 6) is -15.2. The number of rotatable bonds is 11. The molecule has 2 rings (SSSR count). The molecule has 12 heteroatoms. The molecule has 34 heavy (non-hydrogen) atoms. The molecule has 0 heterocycles. The lowest BCUT2D eigenvalue weighted by Crippen LogP contribution is -2.53. The maximum absolute atomic E-state index is 14.1. The van der Waals surface area contributed by atoms with Crippen LogP contribution in [0.3, 0.4) is 0 Å². The van der Waals surface area contributed by atoms with E-state index in [1.54, 1.807) is 30.3 Å². The smallest absolute Gasteiger partial charge is 0.258 e. The van der Waals surface area contributed by atoms with Gasteiger partial charge < -0.3 is 22.1 Å². The summed E-state index contributed by atoms with van der Waals surface area (Å²) in [6.07, 6.45) is 0.915. The number of nitrogens with two attached hydrogens (primary N) is 2. The van der Waals surface area contributed by atoms with Gasteiger partial charge in [0.25, 0.3) is 5.91 Å². The zero-order chi connectivity index (χ0) is 25.4. The van der Waals surface area contributed by atoms with Crippen molar-refractivity contribution in [2.75, 3.05) is 6.54 Å². The molecular formula is C22H23F5N4O3. The second-order valence-corrected chi connectivity index (χ2v) is 7.41. The molecule has 3 amide bonds. The van der Waals surface area contributed by atoms with Crippen LogP contribution in [0.5, 0.6) is 0 Å². The topological polar surface area (TPSA) is 127 Å². The first-order valence-electron chi connectivity index (χ1n) is 10.2. The molecule has 0 spiro atoms. The molecule has 0 bridgehead atoms. The van der Waals surface area contributed by atoms with Gasteiger partial charge in [0.2, 0.25) is 17.6 Å². The van der Waals surface area contributed by atoms with Gasteiger partial charge in [-0.05, 0) is 31.4 Å². The summed E-state index contributed by atoms with van der Waals surface area (Å²) in [7, 11) is 0. The predicted molar refractivity (Wildman–Crippen MR) is 112 cm³/mol. The first kappa shape index (κ1) is 26.7. The monoisotopic (exact) mass is 486 g/mol. The lowest BCUT2D eigenvalue weighted by Gasteiger charge is -2.22. The van der Waals surface area contributed by atoms with Gasteiger partial charge in [0, 0.05) is 6.42 Å². The number of nitrogens with one attached hydrogen (secondary N) is 2. The van der Waals surface area contributed by atoms with Crippen molar-refractivity contribution >= 4 is 17.7 Å². The molecule has 0 aromatic heterocycles. The van der Waals surface area contributed by atoms with Gasteiger partial charge in [0.05, 0.1) is 0 Å². The van der Waals surface area contributed by atoms with Crippen LogP contribution in [-0.2, 0) is 16.0 Å². The van der Waals surface area contributed by atoms with Crippen molar-refractivity contribution in [3.05, 3.63) is 70.5 Å². The van der Waals surface area contributed by atoms with E-state index >= 15 is 0 Å². The zero-order valence-electron chi connectivity index (χ0n) is 17.8. The van der Waals surface area contributed by atoms with E-state index in [0.29, 0.717) is 24.9 Å². The van der Waals surface area contributed by atoms with Crippen molar-refractivity contribution in [2.24, 2.45) is 11.5 Å². The Bertz CT molecular complexity index is 1020. The number of benzene rings is 2. The number of amides is 3. The standard InChI is InChI=1S/C22H23F5N4O3/c23-15-14(16(24)18(26)19(27)17(15)25)22(34)31-13(10-11-6-2-1-3-7-11)21(33)30-12(20(29)32)8-4-5-9-28/h1-3,6-7,12-13H,4-5,8-10,28H2,(H2,29,32)(H,30,33)(H,31,34)/t12-,13-/m0/s1. The summed E-state index contributed by atoms with van der Waals surface area (Å²) >= 11 is 0. The highest BCUT2D eigenvalue weighted by Gasteiger charge is 2.32. The fraction of sp³-hybridized carbons (Fsp3) is 0.318. The van der Waals surface area contributed by atoms with Crippen LogP contribution in [0, 0.1) is 29.1 Å². The Labute approximate surface area is 191 Å². The van der Waals surface area contributed by atoms with Crippen molar-refractivity contribution in [2.45, 2.75) is 37.8 Å². The van der Waals surface area contributed by atoms with E-state index in [0.717, 1.165) is 0 Å². The third kappa shape index (κ3) is 6.50. The maximum Gasteiger partial charge on any atom is 0.258 e. The lowest BCUT2D eigenvalue weighted by atomic mass is 10.0. The van der Waals surface area contributed by atoms with E-state index in [2.05, 4.69) is 5.32 Å². The third-order valence-corrected chi connectivity index (χ3v) is 4.95. The Morgan fingerprint density at radius 3 is 1.88 bits per heavy atom. The van der Waals surface area contributed by atoms with Gasteiger partial charge in [0.15, 0.2) is 23.3 Å². The highest BCUT2D eigenvalue weighted by Crippen LogP contribution is 2.23. The number of hydrogen-bond donors (Lipinski definition) is 4. The molecule has 0 saturated carbocycles. The molecular weight excluding hydrogens is 463 g/mol. The van der Waals surface area contributed by atoms with Crippen LogP contribution in [0.4, 0.5) is 22.0 Å². The fourth-order valence-electron chi connectivity index (χ4n) is 3.14. The van der Waals surface area contributed by atoms with Gasteiger partial charge in [-0.15, -0.1) is 0 Å². The minimum absolute atomic E-state index is 0.141. The van der Waals surface area contributed by atoms with Crippen molar-refractivity contribution in [3.8, 4) is 0 Å². The van der Waals surface area contributed by atoms with Gasteiger partial charge in [-0.3, -0.25) is 14.4 Å². The van der Waals surface area contributed by atoms with Crippen LogP contribution in [0.15, 0.2) is 30.3 Å². The molecule has 0 aliphatic rings. The van der Waals surface area contributed by atoms with E-state index in [1.165, 1.54) is 0 Å². The quantitative estimate of drug-likeness (QED) is 0.167. The summed E-state index contributed by atoms with van der Waals surface area (Å²) in [6.45, 7) is 0.341. The second kappa shape index (κ2) is 12.1.